The molecular weight excluding hydrogens is 825 g/mol. The second-order valence-electron chi connectivity index (χ2n) is 15.8. The summed E-state index contributed by atoms with van der Waals surface area (Å²) in [5.74, 6) is 0. The van der Waals surface area contributed by atoms with E-state index >= 15 is 0 Å². The molecule has 0 amide bonds. The molecule has 0 aromatic heterocycles. The van der Waals surface area contributed by atoms with Gasteiger partial charge in [-0.05, 0) is 77.0 Å². The Morgan fingerprint density at radius 1 is 0.286 bits per heavy atom. The Balaban J connectivity index is 0.000000197. The maximum atomic E-state index is 5.32. The van der Waals surface area contributed by atoms with E-state index in [0.29, 0.717) is 36.3 Å². The van der Waals surface area contributed by atoms with Crippen LogP contribution < -0.4 is 0 Å². The van der Waals surface area contributed by atoms with E-state index in [-0.39, 0.29) is 24.4 Å². The van der Waals surface area contributed by atoms with Crippen molar-refractivity contribution in [2.75, 3.05) is 0 Å². The molecule has 0 saturated heterocycles. The first-order chi connectivity index (χ1) is 23.4. The van der Waals surface area contributed by atoms with Gasteiger partial charge in [0.05, 0.1) is 0 Å². The summed E-state index contributed by atoms with van der Waals surface area (Å²) in [5.41, 5.74) is 0. The first-order valence-corrected chi connectivity index (χ1v) is 22.8. The van der Waals surface area contributed by atoms with Gasteiger partial charge >= 0.3 is 24.4 Å². The predicted octanol–water partition coefficient (Wildman–Crippen LogP) is 11.0. The first-order valence-electron chi connectivity index (χ1n) is 20.3. The summed E-state index contributed by atoms with van der Waals surface area (Å²) in [6.45, 7) is 0. The van der Waals surface area contributed by atoms with Gasteiger partial charge in [0.15, 0.2) is 0 Å². The van der Waals surface area contributed by atoms with Crippen LogP contribution in [0.4, 0.5) is 0 Å². The van der Waals surface area contributed by atoms with E-state index in [1.54, 1.807) is 0 Å². The van der Waals surface area contributed by atoms with Crippen LogP contribution in [0.1, 0.15) is 193 Å². The van der Waals surface area contributed by atoms with Crippen LogP contribution in [-0.4, -0.2) is 88.3 Å². The Labute approximate surface area is 352 Å². The molecule has 10 heteroatoms. The van der Waals surface area contributed by atoms with E-state index in [1.807, 2.05) is 0 Å². The molecule has 0 spiro atoms. The van der Waals surface area contributed by atoms with Crippen molar-refractivity contribution in [3.63, 3.8) is 0 Å². The van der Waals surface area contributed by atoms with Crippen molar-refractivity contribution < 1.29 is 0 Å². The molecule has 0 aromatic carbocycles. The monoisotopic (exact) mass is 889 g/mol. The van der Waals surface area contributed by atoms with Crippen LogP contribution in [0.2, 0.25) is 0 Å². The van der Waals surface area contributed by atoms with E-state index in [9.17, 15) is 0 Å². The molecule has 6 rings (SSSR count). The van der Waals surface area contributed by atoms with Crippen molar-refractivity contribution in [3.8, 4) is 0 Å². The van der Waals surface area contributed by atoms with Crippen molar-refractivity contribution in [3.05, 3.63) is 0 Å². The topological polar surface area (TPSA) is 9.72 Å². The molecule has 0 bridgehead atoms. The van der Waals surface area contributed by atoms with Gasteiger partial charge in [-0.25, -0.2) is 0 Å². The van der Waals surface area contributed by atoms with Crippen molar-refractivity contribution in [1.29, 1.82) is 0 Å². The minimum Gasteiger partial charge on any atom is -0.411 e. The molecule has 0 aliphatic heterocycles. The van der Waals surface area contributed by atoms with Crippen LogP contribution >= 0.6 is 36.7 Å². The predicted molar refractivity (Wildman–Crippen MR) is 232 cm³/mol. The van der Waals surface area contributed by atoms with Crippen LogP contribution in [0.15, 0.2) is 0 Å². The third-order valence-electron chi connectivity index (χ3n) is 12.4. The van der Waals surface area contributed by atoms with E-state index in [2.05, 4.69) is 14.7 Å². The Bertz CT molecular complexity index is 762. The van der Waals surface area contributed by atoms with Crippen molar-refractivity contribution in [1.82, 2.24) is 14.7 Å². The van der Waals surface area contributed by atoms with Gasteiger partial charge in [0.1, 0.15) is 0 Å². The number of nitrogens with zero attached hydrogens (tertiary/aromatic N) is 3. The molecule has 0 heterocycles. The molecule has 0 unspecified atom stereocenters. The minimum atomic E-state index is 0. The molecule has 6 aliphatic carbocycles. The molecule has 3 nitrogen and oxygen atoms in total. The van der Waals surface area contributed by atoms with Gasteiger partial charge in [0.2, 0.25) is 0 Å². The zero-order valence-electron chi connectivity index (χ0n) is 30.4. The van der Waals surface area contributed by atoms with Crippen molar-refractivity contribution in [2.45, 2.75) is 229 Å². The largest absolute Gasteiger partial charge is 3.00 e. The van der Waals surface area contributed by atoms with Gasteiger partial charge in [-0.3, -0.25) is 0 Å². The molecule has 0 N–H and O–H groups in total. The Morgan fingerprint density at radius 2 is 0.408 bits per heavy atom. The summed E-state index contributed by atoms with van der Waals surface area (Å²) in [6, 6.07) is 4.01. The maximum absolute atomic E-state index is 5.32. The van der Waals surface area contributed by atoms with Crippen LogP contribution in [0.5, 0.6) is 0 Å². The van der Waals surface area contributed by atoms with Crippen LogP contribution in [0, 0.1) is 0 Å². The number of rotatable bonds is 6. The van der Waals surface area contributed by atoms with Crippen LogP contribution in [0.3, 0.4) is 0 Å². The fraction of sp³-hybridized carbons (Fsp3) is 0.923. The van der Waals surface area contributed by atoms with E-state index < -0.39 is 0 Å². The minimum absolute atomic E-state index is 0. The fourth-order valence-corrected chi connectivity index (χ4v) is 11.7. The third kappa shape index (κ3) is 15.1. The normalized spacial score (nSPS) is 23.8. The average molecular weight is 891 g/mol. The molecule has 0 atom stereocenters. The summed E-state index contributed by atoms with van der Waals surface area (Å²) in [4.78, 5) is 7.30. The van der Waals surface area contributed by atoms with Gasteiger partial charge in [-0.15, -0.1) is 0 Å². The number of hydrogen-bond donors (Lipinski definition) is 0. The van der Waals surface area contributed by atoms with Gasteiger partial charge in [0.25, 0.3) is 0 Å². The van der Waals surface area contributed by atoms with Crippen LogP contribution in [0.25, 0.3) is 0 Å². The fourth-order valence-electron chi connectivity index (χ4n) is 9.94. The van der Waals surface area contributed by atoms with E-state index in [1.165, 1.54) is 193 Å². The summed E-state index contributed by atoms with van der Waals surface area (Å²) in [6.07, 6.45) is 40.6. The smallest absolute Gasteiger partial charge is 0.411 e. The van der Waals surface area contributed by atoms with Gasteiger partial charge in [-0.1, -0.05) is 129 Å². The first kappa shape index (κ1) is 44.5. The summed E-state index contributed by atoms with van der Waals surface area (Å²) in [5, 5.41) is 0. The number of thiocarbonyl (C=S) groups is 3. The quantitative estimate of drug-likeness (QED) is 0.145. The second-order valence-corrected chi connectivity index (χ2v) is 18.9. The van der Waals surface area contributed by atoms with Crippen molar-refractivity contribution in [2.24, 2.45) is 0 Å². The summed E-state index contributed by atoms with van der Waals surface area (Å²) < 4.78 is 2.20. The van der Waals surface area contributed by atoms with Gasteiger partial charge < -0.3 is 89.2 Å². The van der Waals surface area contributed by atoms with Crippen LogP contribution in [-0.2, 0) is 37.9 Å². The zero-order valence-corrected chi connectivity index (χ0v) is 37.9. The van der Waals surface area contributed by atoms with Gasteiger partial charge in [-0.2, -0.15) is 0 Å². The van der Waals surface area contributed by atoms with Crippen molar-refractivity contribution >= 4 is 112 Å². The molecule has 6 aliphatic rings. The van der Waals surface area contributed by atoms with Gasteiger partial charge in [0, 0.05) is 36.3 Å². The molecular formula is C39H66N3S6Sb. The Kier molecular flexibility index (Phi) is 23.0. The maximum Gasteiger partial charge on any atom is 3.00 e. The van der Waals surface area contributed by atoms with E-state index in [0.717, 1.165) is 13.0 Å². The zero-order chi connectivity index (χ0) is 34.1. The Hall–Kier alpha value is 1.15. The SMILES string of the molecule is S=C([S-])N(C1CCCCC1)C1CCCCC1.S=C([S-])N(C1CCCCC1)C1CCCCC1.S=C([S-])N(C1CCCCC1)C1CCCCC1.[Sb+3]. The second kappa shape index (κ2) is 25.3. The molecule has 6 saturated carbocycles. The Morgan fingerprint density at radius 3 is 0.510 bits per heavy atom. The summed E-state index contributed by atoms with van der Waals surface area (Å²) >= 11 is 31.9. The molecule has 2 radical (unpaired) electrons. The third-order valence-corrected chi connectivity index (χ3v) is 13.7. The molecule has 278 valence electrons. The summed E-state index contributed by atoms with van der Waals surface area (Å²) in [7, 11) is 0. The molecule has 0 aromatic rings. The molecule has 6 fully saturated rings. The van der Waals surface area contributed by atoms with E-state index in [4.69, 9.17) is 74.5 Å². The number of hydrogen-bond acceptors (Lipinski definition) is 6. The average Bonchev–Trinajstić information content (AvgIpc) is 3.12. The standard InChI is InChI=1S/3C13H23NS2.Sb/c3*15-13(16)14(11-7-3-1-4-8-11)12-9-5-2-6-10-12;/h3*11-12H,1-10H2,(H,15,16);/q;;;+3/p-3. The molecule has 49 heavy (non-hydrogen) atoms.